The van der Waals surface area contributed by atoms with Gasteiger partial charge in [-0.3, -0.25) is 0 Å². The number of aliphatic imine (C=N–C) groups is 1. The second-order valence-electron chi connectivity index (χ2n) is 6.91. The molecule has 1 aromatic rings. The summed E-state index contributed by atoms with van der Waals surface area (Å²) in [7, 11) is 9.33. The molecule has 0 aromatic carbocycles. The second kappa shape index (κ2) is 12.9. The van der Waals surface area contributed by atoms with E-state index in [9.17, 15) is 19.2 Å². The Hall–Kier alpha value is -4.88. The molecule has 0 aliphatic carbocycles. The van der Waals surface area contributed by atoms with Gasteiger partial charge in [0.25, 0.3) is 11.8 Å². The molecule has 0 spiro atoms. The van der Waals surface area contributed by atoms with Gasteiger partial charge in [0.1, 0.15) is 11.1 Å². The first kappa shape index (κ1) is 29.4. The van der Waals surface area contributed by atoms with Crippen molar-refractivity contribution in [2.24, 2.45) is 4.99 Å². The van der Waals surface area contributed by atoms with Crippen molar-refractivity contribution in [3.63, 3.8) is 0 Å². The number of pyridine rings is 1. The molecule has 2 heterocycles. The number of methoxy groups -OCH3 is 8. The van der Waals surface area contributed by atoms with Crippen molar-refractivity contribution in [3.8, 4) is 11.6 Å². The number of esters is 4. The molecule has 0 bridgehead atoms. The van der Waals surface area contributed by atoms with Crippen molar-refractivity contribution in [1.82, 2.24) is 4.98 Å². The number of carbonyl (C=O) groups is 4. The maximum Gasteiger partial charge on any atom is 0.342 e. The summed E-state index contributed by atoms with van der Waals surface area (Å²) in [5, 5.41) is 0. The summed E-state index contributed by atoms with van der Waals surface area (Å²) in [6, 6.07) is 1.20. The van der Waals surface area contributed by atoms with E-state index in [0.29, 0.717) is 0 Å². The summed E-state index contributed by atoms with van der Waals surface area (Å²) in [4.78, 5) is 60.5. The van der Waals surface area contributed by atoms with Crippen molar-refractivity contribution >= 4 is 35.3 Å². The van der Waals surface area contributed by atoms with Crippen LogP contribution in [0.1, 0.15) is 16.1 Å². The van der Waals surface area contributed by atoms with Crippen LogP contribution in [0, 0.1) is 0 Å². The predicted molar refractivity (Wildman–Crippen MR) is 128 cm³/mol. The van der Waals surface area contributed by atoms with E-state index in [0.717, 1.165) is 34.5 Å². The largest absolute Gasteiger partial charge is 0.491 e. The topological polar surface area (TPSA) is 167 Å². The standard InChI is InChI=1S/C24H26N2O12/c1-31-13-9-11(21(27)35-5)15(23(29)37-7)18(26-20(13)34-4)16(24(30)38-8)17-12(22(28)36-6)10-14(32-2)19(25-17)33-3/h9-10H,1-8H3/b18-16+. The lowest BCUT2D eigenvalue weighted by Gasteiger charge is -2.17. The van der Waals surface area contributed by atoms with Crippen LogP contribution < -0.4 is 9.47 Å². The lowest BCUT2D eigenvalue weighted by atomic mass is 9.96. The first-order valence-corrected chi connectivity index (χ1v) is 10.5. The fraction of sp³-hybridized carbons (Fsp3) is 0.333. The summed E-state index contributed by atoms with van der Waals surface area (Å²) in [6.45, 7) is 0. The zero-order valence-corrected chi connectivity index (χ0v) is 21.9. The molecular weight excluding hydrogens is 508 g/mol. The van der Waals surface area contributed by atoms with Gasteiger partial charge in [0, 0.05) is 12.1 Å². The van der Waals surface area contributed by atoms with Gasteiger partial charge >= 0.3 is 23.9 Å². The van der Waals surface area contributed by atoms with Crippen LogP contribution in [-0.2, 0) is 42.8 Å². The maximum atomic E-state index is 13.3. The fourth-order valence-corrected chi connectivity index (χ4v) is 3.29. The van der Waals surface area contributed by atoms with Crippen molar-refractivity contribution in [3.05, 3.63) is 46.0 Å². The van der Waals surface area contributed by atoms with Crippen molar-refractivity contribution in [2.45, 2.75) is 0 Å². The van der Waals surface area contributed by atoms with E-state index in [1.807, 2.05) is 0 Å². The molecule has 0 saturated heterocycles. The predicted octanol–water partition coefficient (Wildman–Crippen LogP) is 1.00. The molecule has 0 fully saturated rings. The minimum absolute atomic E-state index is 0.0233. The molecule has 0 radical (unpaired) electrons. The van der Waals surface area contributed by atoms with Gasteiger partial charge in [0.05, 0.1) is 79.4 Å². The van der Waals surface area contributed by atoms with Gasteiger partial charge in [-0.15, -0.1) is 0 Å². The monoisotopic (exact) mass is 534 g/mol. The summed E-state index contributed by atoms with van der Waals surface area (Å²) >= 11 is 0. The number of hydrogen-bond donors (Lipinski definition) is 0. The van der Waals surface area contributed by atoms with Crippen LogP contribution in [-0.4, -0.2) is 91.6 Å². The Labute approximate surface area is 217 Å². The first-order chi connectivity index (χ1) is 18.2. The van der Waals surface area contributed by atoms with Gasteiger partial charge in [-0.2, -0.15) is 0 Å². The molecular formula is C24H26N2O12. The number of carbonyl (C=O) groups excluding carboxylic acids is 4. The first-order valence-electron chi connectivity index (χ1n) is 10.5. The smallest absolute Gasteiger partial charge is 0.342 e. The minimum Gasteiger partial charge on any atom is -0.491 e. The average Bonchev–Trinajstić information content (AvgIpc) is 3.12. The number of rotatable bonds is 8. The maximum absolute atomic E-state index is 13.3. The zero-order valence-electron chi connectivity index (χ0n) is 21.9. The highest BCUT2D eigenvalue weighted by molar-refractivity contribution is 6.23. The van der Waals surface area contributed by atoms with Crippen LogP contribution in [0.2, 0.25) is 0 Å². The molecule has 14 heteroatoms. The Morgan fingerprint density at radius 3 is 1.82 bits per heavy atom. The van der Waals surface area contributed by atoms with Gasteiger partial charge in [-0.1, -0.05) is 0 Å². The quantitative estimate of drug-likeness (QED) is 0.263. The highest BCUT2D eigenvalue weighted by Gasteiger charge is 2.36. The Kier molecular flexibility index (Phi) is 9.96. The SMILES string of the molecule is COC(=O)C1=C(C(=O)OC)/C(=C(\C(=O)OC)c2nc(OC)c(OC)cc2C(=O)OC)N=C(OC)C(OC)=C1. The summed E-state index contributed by atoms with van der Waals surface area (Å²) < 4.78 is 40.6. The zero-order chi connectivity index (χ0) is 28.6. The third-order valence-electron chi connectivity index (χ3n) is 5.05. The van der Waals surface area contributed by atoms with Crippen LogP contribution in [0.4, 0.5) is 0 Å². The highest BCUT2D eigenvalue weighted by Crippen LogP contribution is 2.37. The third kappa shape index (κ3) is 5.58. The Balaban J connectivity index is 3.32. The molecule has 0 atom stereocenters. The van der Waals surface area contributed by atoms with Gasteiger partial charge in [0.2, 0.25) is 0 Å². The summed E-state index contributed by atoms with van der Waals surface area (Å²) in [5.74, 6) is -4.66. The molecule has 2 rings (SSSR count). The Morgan fingerprint density at radius 2 is 1.34 bits per heavy atom. The van der Waals surface area contributed by atoms with Gasteiger partial charge in [-0.05, 0) is 0 Å². The molecule has 0 N–H and O–H groups in total. The Bertz CT molecular complexity index is 1270. The molecule has 0 amide bonds. The molecule has 1 aromatic heterocycles. The molecule has 0 unspecified atom stereocenters. The number of hydrogen-bond acceptors (Lipinski definition) is 14. The summed E-state index contributed by atoms with van der Waals surface area (Å²) in [6.07, 6.45) is 1.12. The van der Waals surface area contributed by atoms with Crippen LogP contribution in [0.3, 0.4) is 0 Å². The Morgan fingerprint density at radius 1 is 0.711 bits per heavy atom. The normalized spacial score (nSPS) is 14.2. The van der Waals surface area contributed by atoms with E-state index in [1.165, 1.54) is 34.5 Å². The van der Waals surface area contributed by atoms with Crippen molar-refractivity contribution in [2.75, 3.05) is 56.9 Å². The number of nitrogens with zero attached hydrogens (tertiary/aromatic N) is 2. The van der Waals surface area contributed by atoms with E-state index in [-0.39, 0.29) is 34.5 Å². The van der Waals surface area contributed by atoms with Crippen LogP contribution in [0.5, 0.6) is 11.6 Å². The molecule has 14 nitrogen and oxygen atoms in total. The average molecular weight is 534 g/mol. The third-order valence-corrected chi connectivity index (χ3v) is 5.05. The molecule has 1 aliphatic rings. The van der Waals surface area contributed by atoms with E-state index < -0.39 is 46.3 Å². The van der Waals surface area contributed by atoms with Crippen LogP contribution >= 0.6 is 0 Å². The van der Waals surface area contributed by atoms with Crippen LogP contribution in [0.25, 0.3) is 5.57 Å². The van der Waals surface area contributed by atoms with Gasteiger partial charge < -0.3 is 37.9 Å². The molecule has 38 heavy (non-hydrogen) atoms. The van der Waals surface area contributed by atoms with Gasteiger partial charge in [-0.25, -0.2) is 29.2 Å². The number of ether oxygens (including phenoxy) is 8. The van der Waals surface area contributed by atoms with Gasteiger partial charge in [0.15, 0.2) is 11.5 Å². The second-order valence-corrected chi connectivity index (χ2v) is 6.91. The van der Waals surface area contributed by atoms with Crippen molar-refractivity contribution < 1.29 is 57.1 Å². The molecule has 1 aliphatic heterocycles. The fourth-order valence-electron chi connectivity index (χ4n) is 3.29. The molecule has 204 valence electrons. The van der Waals surface area contributed by atoms with Crippen molar-refractivity contribution in [1.29, 1.82) is 0 Å². The lowest BCUT2D eigenvalue weighted by molar-refractivity contribution is -0.138. The van der Waals surface area contributed by atoms with E-state index >= 15 is 0 Å². The van der Waals surface area contributed by atoms with E-state index in [4.69, 9.17) is 37.9 Å². The highest BCUT2D eigenvalue weighted by atomic mass is 16.5. The number of aromatic nitrogens is 1. The lowest BCUT2D eigenvalue weighted by Crippen LogP contribution is -2.20. The van der Waals surface area contributed by atoms with Crippen LogP contribution in [0.15, 0.2) is 39.7 Å². The summed E-state index contributed by atoms with van der Waals surface area (Å²) in [5.41, 5.74) is -2.72. The minimum atomic E-state index is -1.12. The van der Waals surface area contributed by atoms with E-state index in [2.05, 4.69) is 9.98 Å². The molecule has 0 saturated carbocycles. The van der Waals surface area contributed by atoms with E-state index in [1.54, 1.807) is 0 Å².